The number of aliphatic imine (C=N–C) groups is 1. The Kier molecular flexibility index (Phi) is 2.71. The predicted octanol–water partition coefficient (Wildman–Crippen LogP) is 2.00. The number of rotatable bonds is 2. The van der Waals surface area contributed by atoms with E-state index in [1.165, 1.54) is 6.08 Å². The third-order valence-corrected chi connectivity index (χ3v) is 2.12. The molecule has 0 N–H and O–H groups in total. The van der Waals surface area contributed by atoms with E-state index in [0.29, 0.717) is 10.4 Å². The summed E-state index contributed by atoms with van der Waals surface area (Å²) in [5.41, 5.74) is 1.41. The summed E-state index contributed by atoms with van der Waals surface area (Å²) in [6, 6.07) is 6.99. The number of carbonyl (C=O) groups excluding carboxylic acids is 1. The zero-order valence-corrected chi connectivity index (χ0v) is 9.05. The SMILES string of the molecule is O=C=Nc1ccc(-n2cnc(Br)n2)cc1. The zero-order chi connectivity index (χ0) is 10.7. The van der Waals surface area contributed by atoms with Crippen molar-refractivity contribution in [1.82, 2.24) is 14.8 Å². The van der Waals surface area contributed by atoms with Crippen LogP contribution >= 0.6 is 15.9 Å². The van der Waals surface area contributed by atoms with Gasteiger partial charge in [0.1, 0.15) is 6.33 Å². The van der Waals surface area contributed by atoms with Crippen LogP contribution in [0, 0.1) is 0 Å². The lowest BCUT2D eigenvalue weighted by Gasteiger charge is -1.98. The molecule has 2 rings (SSSR count). The van der Waals surface area contributed by atoms with Gasteiger partial charge in [-0.15, -0.1) is 5.10 Å². The molecule has 0 fully saturated rings. The van der Waals surface area contributed by atoms with Gasteiger partial charge in [-0.2, -0.15) is 4.99 Å². The summed E-state index contributed by atoms with van der Waals surface area (Å²) >= 11 is 3.16. The number of benzene rings is 1. The number of halogens is 1. The fraction of sp³-hybridized carbons (Fsp3) is 0. The van der Waals surface area contributed by atoms with Crippen molar-refractivity contribution in [2.45, 2.75) is 0 Å². The summed E-state index contributed by atoms with van der Waals surface area (Å²) in [5, 5.41) is 4.07. The first-order valence-corrected chi connectivity index (χ1v) is 4.84. The highest BCUT2D eigenvalue weighted by Crippen LogP contribution is 2.15. The normalized spacial score (nSPS) is 9.67. The minimum absolute atomic E-state index is 0.525. The minimum atomic E-state index is 0.525. The van der Waals surface area contributed by atoms with E-state index in [9.17, 15) is 4.79 Å². The first-order chi connectivity index (χ1) is 7.29. The first-order valence-electron chi connectivity index (χ1n) is 4.05. The molecular formula is C9H5BrN4O. The van der Waals surface area contributed by atoms with E-state index >= 15 is 0 Å². The number of nitrogens with zero attached hydrogens (tertiary/aromatic N) is 4. The van der Waals surface area contributed by atoms with Crippen LogP contribution in [0.25, 0.3) is 5.69 Å². The molecule has 74 valence electrons. The second-order valence-electron chi connectivity index (χ2n) is 2.68. The fourth-order valence-corrected chi connectivity index (χ4v) is 1.36. The van der Waals surface area contributed by atoms with Gasteiger partial charge in [0.15, 0.2) is 0 Å². The molecule has 0 bridgehead atoms. The van der Waals surface area contributed by atoms with Crippen LogP contribution in [0.3, 0.4) is 0 Å². The van der Waals surface area contributed by atoms with Crippen molar-refractivity contribution >= 4 is 27.7 Å². The van der Waals surface area contributed by atoms with Gasteiger partial charge >= 0.3 is 0 Å². The number of hydrogen-bond donors (Lipinski definition) is 0. The Morgan fingerprint density at radius 1 is 1.33 bits per heavy atom. The molecule has 0 saturated heterocycles. The van der Waals surface area contributed by atoms with Gasteiger partial charge in [-0.3, -0.25) is 0 Å². The highest BCUT2D eigenvalue weighted by molar-refractivity contribution is 9.10. The predicted molar refractivity (Wildman–Crippen MR) is 56.8 cm³/mol. The molecule has 2 aromatic rings. The summed E-state index contributed by atoms with van der Waals surface area (Å²) in [6.45, 7) is 0. The summed E-state index contributed by atoms with van der Waals surface area (Å²) in [4.78, 5) is 17.4. The van der Waals surface area contributed by atoms with Gasteiger partial charge in [0.05, 0.1) is 11.4 Å². The van der Waals surface area contributed by atoms with Gasteiger partial charge in [-0.1, -0.05) is 0 Å². The molecule has 1 aromatic carbocycles. The van der Waals surface area contributed by atoms with Crippen LogP contribution in [-0.4, -0.2) is 20.8 Å². The van der Waals surface area contributed by atoms with Gasteiger partial charge in [0.25, 0.3) is 0 Å². The number of isocyanates is 1. The molecule has 15 heavy (non-hydrogen) atoms. The monoisotopic (exact) mass is 264 g/mol. The van der Waals surface area contributed by atoms with E-state index in [2.05, 4.69) is 31.0 Å². The van der Waals surface area contributed by atoms with E-state index in [0.717, 1.165) is 5.69 Å². The lowest BCUT2D eigenvalue weighted by Crippen LogP contribution is -1.93. The molecule has 0 amide bonds. The number of aromatic nitrogens is 3. The molecule has 0 radical (unpaired) electrons. The van der Waals surface area contributed by atoms with Crippen molar-refractivity contribution in [1.29, 1.82) is 0 Å². The van der Waals surface area contributed by atoms with Gasteiger partial charge < -0.3 is 0 Å². The van der Waals surface area contributed by atoms with E-state index in [4.69, 9.17) is 0 Å². The topological polar surface area (TPSA) is 60.1 Å². The van der Waals surface area contributed by atoms with Gasteiger partial charge in [-0.05, 0) is 40.2 Å². The van der Waals surface area contributed by atoms with Crippen LogP contribution in [0.4, 0.5) is 5.69 Å². The van der Waals surface area contributed by atoms with E-state index in [-0.39, 0.29) is 0 Å². The third-order valence-electron chi connectivity index (χ3n) is 1.75. The molecule has 0 aliphatic carbocycles. The fourth-order valence-electron chi connectivity index (χ4n) is 1.10. The van der Waals surface area contributed by atoms with Crippen molar-refractivity contribution < 1.29 is 4.79 Å². The van der Waals surface area contributed by atoms with Gasteiger partial charge in [-0.25, -0.2) is 14.5 Å². The number of hydrogen-bond acceptors (Lipinski definition) is 4. The average molecular weight is 265 g/mol. The molecule has 1 heterocycles. The van der Waals surface area contributed by atoms with Crippen molar-refractivity contribution in [2.24, 2.45) is 4.99 Å². The summed E-state index contributed by atoms with van der Waals surface area (Å²) < 4.78 is 2.14. The summed E-state index contributed by atoms with van der Waals surface area (Å²) in [7, 11) is 0. The summed E-state index contributed by atoms with van der Waals surface area (Å²) in [5.74, 6) is 0. The van der Waals surface area contributed by atoms with Crippen LogP contribution in [-0.2, 0) is 4.79 Å². The average Bonchev–Trinajstić information content (AvgIpc) is 2.67. The maximum atomic E-state index is 10.0. The molecule has 0 spiro atoms. The largest absolute Gasteiger partial charge is 0.240 e. The molecule has 1 aromatic heterocycles. The molecule has 5 nitrogen and oxygen atoms in total. The molecular weight excluding hydrogens is 260 g/mol. The molecule has 0 aliphatic rings. The quantitative estimate of drug-likeness (QED) is 0.616. The van der Waals surface area contributed by atoms with Crippen LogP contribution < -0.4 is 0 Å². The van der Waals surface area contributed by atoms with Crippen molar-refractivity contribution in [3.63, 3.8) is 0 Å². The van der Waals surface area contributed by atoms with E-state index in [1.807, 2.05) is 0 Å². The minimum Gasteiger partial charge on any atom is -0.220 e. The van der Waals surface area contributed by atoms with E-state index < -0.39 is 0 Å². The maximum Gasteiger partial charge on any atom is 0.240 e. The standard InChI is InChI=1S/C9H5BrN4O/c10-9-11-5-14(13-9)8-3-1-7(2-4-8)12-6-15/h1-5H. The van der Waals surface area contributed by atoms with Crippen LogP contribution in [0.15, 0.2) is 40.3 Å². The van der Waals surface area contributed by atoms with Crippen LogP contribution in [0.2, 0.25) is 0 Å². The van der Waals surface area contributed by atoms with Crippen molar-refractivity contribution in [3.8, 4) is 5.69 Å². The molecule has 0 unspecified atom stereocenters. The maximum absolute atomic E-state index is 10.0. The van der Waals surface area contributed by atoms with Crippen LogP contribution in [0.1, 0.15) is 0 Å². The van der Waals surface area contributed by atoms with Gasteiger partial charge in [0, 0.05) is 0 Å². The van der Waals surface area contributed by atoms with E-state index in [1.54, 1.807) is 35.3 Å². The third kappa shape index (κ3) is 2.18. The van der Waals surface area contributed by atoms with Crippen molar-refractivity contribution in [2.75, 3.05) is 0 Å². The Bertz CT molecular complexity index is 513. The highest BCUT2D eigenvalue weighted by Gasteiger charge is 1.99. The molecule has 0 aliphatic heterocycles. The van der Waals surface area contributed by atoms with Crippen molar-refractivity contribution in [3.05, 3.63) is 35.3 Å². The Hall–Kier alpha value is -1.78. The first kappa shape index (κ1) is 9.76. The lowest BCUT2D eigenvalue weighted by atomic mass is 10.3. The van der Waals surface area contributed by atoms with Crippen LogP contribution in [0.5, 0.6) is 0 Å². The smallest absolute Gasteiger partial charge is 0.220 e. The molecule has 0 saturated carbocycles. The second-order valence-corrected chi connectivity index (χ2v) is 3.39. The highest BCUT2D eigenvalue weighted by atomic mass is 79.9. The molecule has 6 heteroatoms. The Labute approximate surface area is 93.6 Å². The summed E-state index contributed by atoms with van der Waals surface area (Å²) in [6.07, 6.45) is 3.07. The Balaban J connectivity index is 2.35. The Morgan fingerprint density at radius 2 is 2.07 bits per heavy atom. The molecule has 0 atom stereocenters. The lowest BCUT2D eigenvalue weighted by molar-refractivity contribution is 0.565. The second kappa shape index (κ2) is 4.16. The van der Waals surface area contributed by atoms with Gasteiger partial charge in [0.2, 0.25) is 10.8 Å². The Morgan fingerprint density at radius 3 is 2.60 bits per heavy atom. The zero-order valence-electron chi connectivity index (χ0n) is 7.46.